The van der Waals surface area contributed by atoms with Crippen molar-refractivity contribution in [1.29, 1.82) is 0 Å². The van der Waals surface area contributed by atoms with Gasteiger partial charge >= 0.3 is 0 Å². The molecule has 1 saturated heterocycles. The average molecular weight is 342 g/mol. The van der Waals surface area contributed by atoms with Crippen molar-refractivity contribution in [2.24, 2.45) is 0 Å². The molecule has 1 aliphatic heterocycles. The summed E-state index contributed by atoms with van der Waals surface area (Å²) in [4.78, 5) is 2.45. The van der Waals surface area contributed by atoms with Crippen LogP contribution in [0, 0.1) is 6.92 Å². The second-order valence-electron chi connectivity index (χ2n) is 6.92. The van der Waals surface area contributed by atoms with Gasteiger partial charge in [-0.05, 0) is 70.0 Å². The number of hydrogen-bond donors (Lipinski definition) is 0. The Kier molecular flexibility index (Phi) is 4.88. The van der Waals surface area contributed by atoms with Gasteiger partial charge in [-0.25, -0.2) is 0 Å². The molecule has 0 N–H and O–H groups in total. The summed E-state index contributed by atoms with van der Waals surface area (Å²) in [7, 11) is 0. The molecular weight excluding hydrogens is 316 g/mol. The van der Waals surface area contributed by atoms with Crippen LogP contribution in [0.15, 0.2) is 24.3 Å². The molecule has 2 aliphatic rings. The highest BCUT2D eigenvalue weighted by Gasteiger charge is 2.28. The van der Waals surface area contributed by atoms with E-state index in [1.54, 1.807) is 0 Å². The summed E-state index contributed by atoms with van der Waals surface area (Å²) < 4.78 is 13.9. The van der Waals surface area contributed by atoms with E-state index in [9.17, 15) is 0 Å². The Morgan fingerprint density at radius 3 is 2.36 bits per heavy atom. The number of hydrogen-bond acceptors (Lipinski definition) is 5. The molecule has 1 aliphatic carbocycles. The Hall–Kier alpha value is -2.08. The zero-order valence-electron chi connectivity index (χ0n) is 14.9. The van der Waals surface area contributed by atoms with Gasteiger partial charge in [0, 0.05) is 12.6 Å². The quantitative estimate of drug-likeness (QED) is 0.738. The van der Waals surface area contributed by atoms with Crippen LogP contribution in [-0.2, 0) is 6.61 Å². The van der Waals surface area contributed by atoms with Gasteiger partial charge in [0.15, 0.2) is 5.82 Å². The molecule has 134 valence electrons. The van der Waals surface area contributed by atoms with Crippen molar-refractivity contribution >= 4 is 0 Å². The maximum Gasteiger partial charge on any atom is 0.171 e. The van der Waals surface area contributed by atoms with Crippen LogP contribution >= 0.6 is 0 Å². The first-order chi connectivity index (χ1) is 12.3. The molecule has 2 heterocycles. The molecule has 4 rings (SSSR count). The number of nitrogens with zero attached hydrogens (tertiary/aromatic N) is 4. The number of likely N-dealkylation sites (tertiary alicyclic amines) is 1. The summed E-state index contributed by atoms with van der Waals surface area (Å²) in [5.74, 6) is 3.60. The van der Waals surface area contributed by atoms with Crippen molar-refractivity contribution in [3.8, 4) is 11.5 Å². The number of benzene rings is 1. The maximum absolute atomic E-state index is 5.88. The standard InChI is InChI=1S/C19H26N4O2/c1-15-20-21-19(23(15)16-4-5-16)14-25-18-8-6-17(7-9-18)24-13-12-22-10-2-3-11-22/h6-9,16H,2-5,10-14H2,1H3. The Morgan fingerprint density at radius 2 is 1.68 bits per heavy atom. The summed E-state index contributed by atoms with van der Waals surface area (Å²) in [5.41, 5.74) is 0. The lowest BCUT2D eigenvalue weighted by Gasteiger charge is -2.15. The molecule has 0 unspecified atom stereocenters. The van der Waals surface area contributed by atoms with Crippen molar-refractivity contribution in [3.63, 3.8) is 0 Å². The zero-order chi connectivity index (χ0) is 17.1. The lowest BCUT2D eigenvalue weighted by molar-refractivity contribution is 0.237. The predicted octanol–water partition coefficient (Wildman–Crippen LogP) is 2.98. The molecule has 0 atom stereocenters. The van der Waals surface area contributed by atoms with Gasteiger partial charge in [-0.15, -0.1) is 10.2 Å². The first-order valence-electron chi connectivity index (χ1n) is 9.28. The first kappa shape index (κ1) is 16.4. The molecule has 0 spiro atoms. The summed E-state index contributed by atoms with van der Waals surface area (Å²) >= 11 is 0. The molecular formula is C19H26N4O2. The monoisotopic (exact) mass is 342 g/mol. The van der Waals surface area contributed by atoms with E-state index in [0.29, 0.717) is 12.6 Å². The van der Waals surface area contributed by atoms with Crippen LogP contribution in [0.4, 0.5) is 0 Å². The van der Waals surface area contributed by atoms with E-state index in [1.165, 1.54) is 38.8 Å². The lowest BCUT2D eigenvalue weighted by Crippen LogP contribution is -2.25. The van der Waals surface area contributed by atoms with Crippen LogP contribution in [0.1, 0.15) is 43.4 Å². The Balaban J connectivity index is 1.26. The molecule has 6 nitrogen and oxygen atoms in total. The second kappa shape index (κ2) is 7.44. The number of aromatic nitrogens is 3. The van der Waals surface area contributed by atoms with Gasteiger partial charge < -0.3 is 14.0 Å². The summed E-state index contributed by atoms with van der Waals surface area (Å²) in [6.45, 7) is 6.62. The summed E-state index contributed by atoms with van der Waals surface area (Å²) in [5, 5.41) is 8.43. The van der Waals surface area contributed by atoms with E-state index >= 15 is 0 Å². The average Bonchev–Trinajstić information content (AvgIpc) is 3.19. The van der Waals surface area contributed by atoms with Crippen LogP contribution < -0.4 is 9.47 Å². The molecule has 1 saturated carbocycles. The number of ether oxygens (including phenoxy) is 2. The first-order valence-corrected chi connectivity index (χ1v) is 9.28. The maximum atomic E-state index is 5.88. The minimum atomic E-state index is 0.451. The van der Waals surface area contributed by atoms with Crippen molar-refractivity contribution in [2.75, 3.05) is 26.2 Å². The fraction of sp³-hybridized carbons (Fsp3) is 0.579. The van der Waals surface area contributed by atoms with Crippen molar-refractivity contribution in [1.82, 2.24) is 19.7 Å². The normalized spacial score (nSPS) is 17.8. The van der Waals surface area contributed by atoms with E-state index in [4.69, 9.17) is 9.47 Å². The number of rotatable bonds is 8. The minimum Gasteiger partial charge on any atom is -0.492 e. The topological polar surface area (TPSA) is 52.4 Å². The fourth-order valence-corrected chi connectivity index (χ4v) is 3.40. The van der Waals surface area contributed by atoms with E-state index in [2.05, 4.69) is 19.7 Å². The number of aryl methyl sites for hydroxylation is 1. The van der Waals surface area contributed by atoms with E-state index in [1.807, 2.05) is 31.2 Å². The van der Waals surface area contributed by atoms with Gasteiger partial charge in [-0.3, -0.25) is 4.90 Å². The third kappa shape index (κ3) is 4.12. The predicted molar refractivity (Wildman–Crippen MR) is 95.0 cm³/mol. The van der Waals surface area contributed by atoms with Crippen LogP contribution in [0.5, 0.6) is 11.5 Å². The highest BCUT2D eigenvalue weighted by molar-refractivity contribution is 5.31. The van der Waals surface area contributed by atoms with Crippen molar-refractivity contribution in [2.45, 2.75) is 45.3 Å². The van der Waals surface area contributed by atoms with Gasteiger partial charge in [-0.2, -0.15) is 0 Å². The van der Waals surface area contributed by atoms with Gasteiger partial charge in [0.25, 0.3) is 0 Å². The van der Waals surface area contributed by atoms with Gasteiger partial charge in [0.05, 0.1) is 0 Å². The molecule has 0 amide bonds. The molecule has 1 aromatic carbocycles. The Labute approximate surface area is 148 Å². The molecule has 0 radical (unpaired) electrons. The molecule has 0 bridgehead atoms. The van der Waals surface area contributed by atoms with Gasteiger partial charge in [0.2, 0.25) is 0 Å². The fourth-order valence-electron chi connectivity index (χ4n) is 3.40. The minimum absolute atomic E-state index is 0.451. The molecule has 6 heteroatoms. The second-order valence-corrected chi connectivity index (χ2v) is 6.92. The summed E-state index contributed by atoms with van der Waals surface area (Å²) in [6.07, 6.45) is 5.07. The highest BCUT2D eigenvalue weighted by Crippen LogP contribution is 2.36. The van der Waals surface area contributed by atoms with E-state index < -0.39 is 0 Å². The highest BCUT2D eigenvalue weighted by atomic mass is 16.5. The van der Waals surface area contributed by atoms with Gasteiger partial charge in [0.1, 0.15) is 30.5 Å². The van der Waals surface area contributed by atoms with Crippen LogP contribution in [-0.4, -0.2) is 45.9 Å². The Bertz CT molecular complexity index is 688. The molecule has 2 aromatic rings. The largest absolute Gasteiger partial charge is 0.492 e. The van der Waals surface area contributed by atoms with Crippen LogP contribution in [0.25, 0.3) is 0 Å². The van der Waals surface area contributed by atoms with Crippen LogP contribution in [0.2, 0.25) is 0 Å². The Morgan fingerprint density at radius 1 is 1.00 bits per heavy atom. The van der Waals surface area contributed by atoms with Crippen molar-refractivity contribution in [3.05, 3.63) is 35.9 Å². The van der Waals surface area contributed by atoms with Gasteiger partial charge in [-0.1, -0.05) is 0 Å². The van der Waals surface area contributed by atoms with Crippen LogP contribution in [0.3, 0.4) is 0 Å². The molecule has 1 aromatic heterocycles. The smallest absolute Gasteiger partial charge is 0.171 e. The molecule has 2 fully saturated rings. The van der Waals surface area contributed by atoms with E-state index in [0.717, 1.165) is 36.3 Å². The van der Waals surface area contributed by atoms with E-state index in [-0.39, 0.29) is 0 Å². The molecule has 25 heavy (non-hydrogen) atoms. The third-order valence-electron chi connectivity index (χ3n) is 4.92. The zero-order valence-corrected chi connectivity index (χ0v) is 14.9. The third-order valence-corrected chi connectivity index (χ3v) is 4.92. The van der Waals surface area contributed by atoms with Crippen molar-refractivity contribution < 1.29 is 9.47 Å². The lowest BCUT2D eigenvalue weighted by atomic mass is 10.3. The summed E-state index contributed by atoms with van der Waals surface area (Å²) in [6, 6.07) is 8.41. The SMILES string of the molecule is Cc1nnc(COc2ccc(OCCN3CCCC3)cc2)n1C1CC1.